The van der Waals surface area contributed by atoms with Crippen molar-refractivity contribution in [3.05, 3.63) is 35.4 Å². The van der Waals surface area contributed by atoms with Gasteiger partial charge in [-0.1, -0.05) is 32.9 Å². The maximum atomic E-state index is 11.7. The minimum atomic E-state index is 0.0272. The van der Waals surface area contributed by atoms with Gasteiger partial charge in [-0.3, -0.25) is 4.79 Å². The Labute approximate surface area is 91.7 Å². The van der Waals surface area contributed by atoms with E-state index in [0.717, 1.165) is 18.5 Å². The van der Waals surface area contributed by atoms with Crippen LogP contribution in [0.25, 0.3) is 0 Å². The topological polar surface area (TPSA) is 29.1 Å². The second kappa shape index (κ2) is 5.54. The van der Waals surface area contributed by atoms with Crippen LogP contribution in [0.1, 0.15) is 49.0 Å². The molecule has 0 radical (unpaired) electrons. The average Bonchev–Trinajstić information content (AvgIpc) is 2.26. The molecule has 0 atom stereocenters. The predicted octanol–water partition coefficient (Wildman–Crippen LogP) is 2.95. The van der Waals surface area contributed by atoms with E-state index in [0.29, 0.717) is 5.92 Å². The number of benzene rings is 1. The van der Waals surface area contributed by atoms with Crippen molar-refractivity contribution in [2.45, 2.75) is 33.1 Å². The second-order valence-electron chi connectivity index (χ2n) is 4.04. The molecule has 0 aromatic heterocycles. The number of hydrogen-bond acceptors (Lipinski definition) is 1. The largest absolute Gasteiger partial charge is 0.352 e. The van der Waals surface area contributed by atoms with Gasteiger partial charge in [-0.25, -0.2) is 0 Å². The minimum absolute atomic E-state index is 0.0272. The van der Waals surface area contributed by atoms with Crippen LogP contribution in [-0.4, -0.2) is 12.5 Å². The van der Waals surface area contributed by atoms with E-state index in [1.165, 1.54) is 5.56 Å². The summed E-state index contributed by atoms with van der Waals surface area (Å²) in [4.78, 5) is 11.7. The standard InChI is InChI=1S/C13H19NO/c1-4-8-14-13(15)12-7-5-6-11(9-12)10(2)3/h5-7,9-10H,4,8H2,1-3H3,(H,14,15). The van der Waals surface area contributed by atoms with Crippen LogP contribution >= 0.6 is 0 Å². The first-order valence-corrected chi connectivity index (χ1v) is 5.53. The predicted molar refractivity (Wildman–Crippen MR) is 63.2 cm³/mol. The Bertz CT molecular complexity index is 331. The summed E-state index contributed by atoms with van der Waals surface area (Å²) >= 11 is 0. The van der Waals surface area contributed by atoms with Crippen molar-refractivity contribution in [3.63, 3.8) is 0 Å². The van der Waals surface area contributed by atoms with Gasteiger partial charge >= 0.3 is 0 Å². The molecule has 1 aromatic carbocycles. The molecule has 0 aliphatic carbocycles. The normalized spacial score (nSPS) is 10.4. The van der Waals surface area contributed by atoms with Gasteiger partial charge in [0.25, 0.3) is 5.91 Å². The Hall–Kier alpha value is -1.31. The Morgan fingerprint density at radius 1 is 1.40 bits per heavy atom. The van der Waals surface area contributed by atoms with Gasteiger partial charge in [0.1, 0.15) is 0 Å². The average molecular weight is 205 g/mol. The van der Waals surface area contributed by atoms with Gasteiger partial charge in [0.05, 0.1) is 0 Å². The third-order valence-corrected chi connectivity index (χ3v) is 2.35. The van der Waals surface area contributed by atoms with Crippen molar-refractivity contribution < 1.29 is 4.79 Å². The van der Waals surface area contributed by atoms with Gasteiger partial charge in [-0.05, 0) is 30.0 Å². The lowest BCUT2D eigenvalue weighted by Crippen LogP contribution is -2.24. The first-order chi connectivity index (χ1) is 7.15. The molecule has 0 aliphatic heterocycles. The molecule has 2 heteroatoms. The number of carbonyl (C=O) groups is 1. The van der Waals surface area contributed by atoms with Crippen LogP contribution in [-0.2, 0) is 0 Å². The van der Waals surface area contributed by atoms with Gasteiger partial charge < -0.3 is 5.32 Å². The molecule has 0 saturated heterocycles. The van der Waals surface area contributed by atoms with Crippen molar-refractivity contribution in [1.29, 1.82) is 0 Å². The van der Waals surface area contributed by atoms with Crippen LogP contribution in [0.5, 0.6) is 0 Å². The Morgan fingerprint density at radius 2 is 2.13 bits per heavy atom. The molecule has 1 aromatic rings. The van der Waals surface area contributed by atoms with Gasteiger partial charge in [-0.2, -0.15) is 0 Å². The van der Waals surface area contributed by atoms with Crippen molar-refractivity contribution in [2.24, 2.45) is 0 Å². The fraction of sp³-hybridized carbons (Fsp3) is 0.462. The summed E-state index contributed by atoms with van der Waals surface area (Å²) in [7, 11) is 0. The number of carbonyl (C=O) groups excluding carboxylic acids is 1. The molecule has 1 N–H and O–H groups in total. The highest BCUT2D eigenvalue weighted by atomic mass is 16.1. The molecule has 1 amide bonds. The summed E-state index contributed by atoms with van der Waals surface area (Å²) in [5, 5.41) is 2.88. The van der Waals surface area contributed by atoms with Crippen LogP contribution in [0.4, 0.5) is 0 Å². The van der Waals surface area contributed by atoms with E-state index in [1.807, 2.05) is 25.1 Å². The highest BCUT2D eigenvalue weighted by Gasteiger charge is 2.06. The maximum absolute atomic E-state index is 11.7. The first kappa shape index (κ1) is 11.8. The zero-order chi connectivity index (χ0) is 11.3. The van der Waals surface area contributed by atoms with Crippen molar-refractivity contribution >= 4 is 5.91 Å². The summed E-state index contributed by atoms with van der Waals surface area (Å²) in [5.74, 6) is 0.489. The van der Waals surface area contributed by atoms with Gasteiger partial charge in [-0.15, -0.1) is 0 Å². The number of nitrogens with one attached hydrogen (secondary N) is 1. The number of amides is 1. The molecule has 0 fully saturated rings. The van der Waals surface area contributed by atoms with Crippen molar-refractivity contribution in [2.75, 3.05) is 6.54 Å². The third-order valence-electron chi connectivity index (χ3n) is 2.35. The van der Waals surface area contributed by atoms with Crippen LogP contribution < -0.4 is 5.32 Å². The lowest BCUT2D eigenvalue weighted by Gasteiger charge is -2.08. The molecule has 0 saturated carbocycles. The van der Waals surface area contributed by atoms with Crippen molar-refractivity contribution in [3.8, 4) is 0 Å². The Kier molecular flexibility index (Phi) is 4.35. The van der Waals surface area contributed by atoms with E-state index < -0.39 is 0 Å². The monoisotopic (exact) mass is 205 g/mol. The fourth-order valence-corrected chi connectivity index (χ4v) is 1.38. The van der Waals surface area contributed by atoms with Crippen LogP contribution in [0.2, 0.25) is 0 Å². The summed E-state index contributed by atoms with van der Waals surface area (Å²) in [6, 6.07) is 7.82. The van der Waals surface area contributed by atoms with E-state index in [9.17, 15) is 4.79 Å². The van der Waals surface area contributed by atoms with Crippen LogP contribution in [0.15, 0.2) is 24.3 Å². The van der Waals surface area contributed by atoms with E-state index >= 15 is 0 Å². The maximum Gasteiger partial charge on any atom is 0.251 e. The van der Waals surface area contributed by atoms with E-state index in [-0.39, 0.29) is 5.91 Å². The summed E-state index contributed by atoms with van der Waals surface area (Å²) in [5.41, 5.74) is 1.97. The molecule has 1 rings (SSSR count). The zero-order valence-electron chi connectivity index (χ0n) is 9.71. The lowest BCUT2D eigenvalue weighted by atomic mass is 10.0. The van der Waals surface area contributed by atoms with Crippen LogP contribution in [0.3, 0.4) is 0 Å². The van der Waals surface area contributed by atoms with Gasteiger partial charge in [0, 0.05) is 12.1 Å². The Morgan fingerprint density at radius 3 is 2.73 bits per heavy atom. The molecule has 15 heavy (non-hydrogen) atoms. The van der Waals surface area contributed by atoms with E-state index in [4.69, 9.17) is 0 Å². The molecule has 0 unspecified atom stereocenters. The smallest absolute Gasteiger partial charge is 0.251 e. The molecule has 0 heterocycles. The highest BCUT2D eigenvalue weighted by Crippen LogP contribution is 2.15. The summed E-state index contributed by atoms with van der Waals surface area (Å²) < 4.78 is 0. The quantitative estimate of drug-likeness (QED) is 0.804. The SMILES string of the molecule is CCCNC(=O)c1cccc(C(C)C)c1. The second-order valence-corrected chi connectivity index (χ2v) is 4.04. The van der Waals surface area contributed by atoms with Gasteiger partial charge in [0.15, 0.2) is 0 Å². The first-order valence-electron chi connectivity index (χ1n) is 5.53. The molecular formula is C13H19NO. The van der Waals surface area contributed by atoms with Crippen LogP contribution in [0, 0.1) is 0 Å². The molecule has 0 aliphatic rings. The van der Waals surface area contributed by atoms with Crippen molar-refractivity contribution in [1.82, 2.24) is 5.32 Å². The zero-order valence-corrected chi connectivity index (χ0v) is 9.71. The minimum Gasteiger partial charge on any atom is -0.352 e. The molecule has 2 nitrogen and oxygen atoms in total. The third kappa shape index (κ3) is 3.39. The molecule has 0 bridgehead atoms. The molecule has 82 valence electrons. The number of rotatable bonds is 4. The van der Waals surface area contributed by atoms with E-state index in [1.54, 1.807) is 0 Å². The molecule has 0 spiro atoms. The number of hydrogen-bond donors (Lipinski definition) is 1. The Balaban J connectivity index is 2.76. The fourth-order valence-electron chi connectivity index (χ4n) is 1.38. The summed E-state index contributed by atoms with van der Waals surface area (Å²) in [6.07, 6.45) is 0.968. The van der Waals surface area contributed by atoms with E-state index in [2.05, 4.69) is 25.2 Å². The summed E-state index contributed by atoms with van der Waals surface area (Å²) in [6.45, 7) is 7.04. The lowest BCUT2D eigenvalue weighted by molar-refractivity contribution is 0.0953. The van der Waals surface area contributed by atoms with Gasteiger partial charge in [0.2, 0.25) is 0 Å². The molecular weight excluding hydrogens is 186 g/mol. The highest BCUT2D eigenvalue weighted by molar-refractivity contribution is 5.94.